The molecule has 0 aliphatic carbocycles. The first kappa shape index (κ1) is 11.3. The van der Waals surface area contributed by atoms with Crippen LogP contribution in [-0.4, -0.2) is 10.2 Å². The van der Waals surface area contributed by atoms with Gasteiger partial charge < -0.3 is 10.5 Å². The van der Waals surface area contributed by atoms with Crippen molar-refractivity contribution < 1.29 is 9.13 Å². The molecule has 0 atom stereocenters. The maximum absolute atomic E-state index is 12.9. The van der Waals surface area contributed by atoms with Gasteiger partial charge in [-0.2, -0.15) is 0 Å². The van der Waals surface area contributed by atoms with E-state index in [1.165, 1.54) is 17.4 Å². The van der Waals surface area contributed by atoms with Gasteiger partial charge in [0.15, 0.2) is 5.01 Å². The molecule has 7 heteroatoms. The van der Waals surface area contributed by atoms with Crippen LogP contribution in [0.1, 0.15) is 5.01 Å². The molecule has 16 heavy (non-hydrogen) atoms. The van der Waals surface area contributed by atoms with E-state index in [4.69, 9.17) is 10.5 Å². The lowest BCUT2D eigenvalue weighted by Gasteiger charge is -2.04. The van der Waals surface area contributed by atoms with Crippen LogP contribution in [0.5, 0.6) is 5.75 Å². The van der Waals surface area contributed by atoms with E-state index < -0.39 is 0 Å². The van der Waals surface area contributed by atoms with Crippen LogP contribution < -0.4 is 10.5 Å². The Labute approximate surface area is 103 Å². The summed E-state index contributed by atoms with van der Waals surface area (Å²) in [6.07, 6.45) is 0. The first-order chi connectivity index (χ1) is 7.65. The van der Waals surface area contributed by atoms with Crippen molar-refractivity contribution in [2.24, 2.45) is 0 Å². The van der Waals surface area contributed by atoms with Gasteiger partial charge in [0.25, 0.3) is 0 Å². The summed E-state index contributed by atoms with van der Waals surface area (Å²) in [5.74, 6) is 0.231. The highest BCUT2D eigenvalue weighted by Crippen LogP contribution is 2.23. The molecular formula is C9H7BrFN3OS. The summed E-state index contributed by atoms with van der Waals surface area (Å²) >= 11 is 4.34. The minimum absolute atomic E-state index is 0.271. The number of halogens is 2. The van der Waals surface area contributed by atoms with Crippen molar-refractivity contribution in [3.05, 3.63) is 33.5 Å². The van der Waals surface area contributed by atoms with Gasteiger partial charge >= 0.3 is 0 Å². The predicted octanol–water partition coefficient (Wildman–Crippen LogP) is 2.60. The Balaban J connectivity index is 2.02. The smallest absolute Gasteiger partial charge is 0.203 e. The molecule has 0 aliphatic rings. The molecule has 0 saturated heterocycles. The summed E-state index contributed by atoms with van der Waals surface area (Å²) < 4.78 is 18.7. The van der Waals surface area contributed by atoms with Crippen molar-refractivity contribution in [1.29, 1.82) is 0 Å². The molecule has 0 fully saturated rings. The van der Waals surface area contributed by atoms with Crippen LogP contribution in [0.15, 0.2) is 22.7 Å². The molecule has 2 aromatic rings. The van der Waals surface area contributed by atoms with Crippen molar-refractivity contribution in [3.8, 4) is 5.75 Å². The van der Waals surface area contributed by atoms with Gasteiger partial charge in [-0.05, 0) is 34.1 Å². The fourth-order valence-electron chi connectivity index (χ4n) is 1.04. The Bertz CT molecular complexity index is 505. The normalized spacial score (nSPS) is 10.4. The summed E-state index contributed by atoms with van der Waals surface area (Å²) in [6.45, 7) is 0.271. The molecule has 0 spiro atoms. The van der Waals surface area contributed by atoms with Gasteiger partial charge in [-0.15, -0.1) is 10.2 Å². The van der Waals surface area contributed by atoms with E-state index in [0.29, 0.717) is 20.4 Å². The molecule has 2 rings (SSSR count). The van der Waals surface area contributed by atoms with E-state index in [1.807, 2.05) is 0 Å². The fraction of sp³-hybridized carbons (Fsp3) is 0.111. The molecule has 1 aromatic heterocycles. The maximum atomic E-state index is 12.9. The summed E-state index contributed by atoms with van der Waals surface area (Å²) in [6, 6.07) is 4.43. The lowest BCUT2D eigenvalue weighted by molar-refractivity contribution is 0.304. The molecule has 0 unspecified atom stereocenters. The highest BCUT2D eigenvalue weighted by molar-refractivity contribution is 9.10. The number of nitrogens with two attached hydrogens (primary N) is 1. The Kier molecular flexibility index (Phi) is 3.35. The zero-order chi connectivity index (χ0) is 11.5. The number of hydrogen-bond donors (Lipinski definition) is 1. The van der Waals surface area contributed by atoms with Crippen molar-refractivity contribution in [1.82, 2.24) is 10.2 Å². The number of ether oxygens (including phenoxy) is 1. The van der Waals surface area contributed by atoms with Crippen molar-refractivity contribution in [2.75, 3.05) is 5.73 Å². The van der Waals surface area contributed by atoms with E-state index in [2.05, 4.69) is 26.1 Å². The average Bonchev–Trinajstić information content (AvgIpc) is 2.66. The van der Waals surface area contributed by atoms with E-state index in [1.54, 1.807) is 12.1 Å². The summed E-state index contributed by atoms with van der Waals surface area (Å²) in [4.78, 5) is 0. The SMILES string of the molecule is Nc1nnc(COc2ccc(F)c(Br)c2)s1. The zero-order valence-corrected chi connectivity index (χ0v) is 10.4. The molecule has 4 nitrogen and oxygen atoms in total. The number of hydrogen-bond acceptors (Lipinski definition) is 5. The molecule has 0 saturated carbocycles. The fourth-order valence-corrected chi connectivity index (χ4v) is 1.92. The Morgan fingerprint density at radius 1 is 1.44 bits per heavy atom. The number of rotatable bonds is 3. The lowest BCUT2D eigenvalue weighted by Crippen LogP contribution is -1.95. The van der Waals surface area contributed by atoms with Crippen molar-refractivity contribution >= 4 is 32.4 Å². The van der Waals surface area contributed by atoms with Crippen LogP contribution in [0.4, 0.5) is 9.52 Å². The molecule has 2 N–H and O–H groups in total. The Morgan fingerprint density at radius 3 is 2.88 bits per heavy atom. The topological polar surface area (TPSA) is 61.0 Å². The highest BCUT2D eigenvalue weighted by atomic mass is 79.9. The maximum Gasteiger partial charge on any atom is 0.203 e. The molecule has 84 valence electrons. The molecule has 0 amide bonds. The summed E-state index contributed by atoms with van der Waals surface area (Å²) in [5, 5.41) is 8.54. The third-order valence-electron chi connectivity index (χ3n) is 1.74. The van der Waals surface area contributed by atoms with Crippen LogP contribution in [0, 0.1) is 5.82 Å². The average molecular weight is 304 g/mol. The number of benzene rings is 1. The second-order valence-corrected chi connectivity index (χ2v) is 4.85. The van der Waals surface area contributed by atoms with Gasteiger partial charge in [0.05, 0.1) is 4.47 Å². The highest BCUT2D eigenvalue weighted by Gasteiger charge is 2.04. The van der Waals surface area contributed by atoms with E-state index >= 15 is 0 Å². The number of nitrogen functional groups attached to an aromatic ring is 1. The molecule has 0 radical (unpaired) electrons. The Hall–Kier alpha value is -1.21. The van der Waals surface area contributed by atoms with Crippen LogP contribution >= 0.6 is 27.3 Å². The number of nitrogens with zero attached hydrogens (tertiary/aromatic N) is 2. The minimum Gasteiger partial charge on any atom is -0.486 e. The van der Waals surface area contributed by atoms with Gasteiger partial charge in [0, 0.05) is 0 Å². The Morgan fingerprint density at radius 2 is 2.25 bits per heavy atom. The van der Waals surface area contributed by atoms with Gasteiger partial charge in [0.2, 0.25) is 5.13 Å². The quantitative estimate of drug-likeness (QED) is 0.947. The third-order valence-corrected chi connectivity index (χ3v) is 3.07. The minimum atomic E-state index is -0.326. The van der Waals surface area contributed by atoms with Crippen LogP contribution in [-0.2, 0) is 6.61 Å². The largest absolute Gasteiger partial charge is 0.486 e. The van der Waals surface area contributed by atoms with Crippen molar-refractivity contribution in [2.45, 2.75) is 6.61 Å². The van der Waals surface area contributed by atoms with Crippen molar-refractivity contribution in [3.63, 3.8) is 0 Å². The summed E-state index contributed by atoms with van der Waals surface area (Å²) in [5.41, 5.74) is 5.42. The molecule has 1 heterocycles. The van der Waals surface area contributed by atoms with E-state index in [-0.39, 0.29) is 12.4 Å². The van der Waals surface area contributed by atoms with Gasteiger partial charge in [-0.25, -0.2) is 4.39 Å². The standard InChI is InChI=1S/C9H7BrFN3OS/c10-6-3-5(1-2-7(6)11)15-4-8-13-14-9(12)16-8/h1-3H,4H2,(H2,12,14). The monoisotopic (exact) mass is 303 g/mol. The van der Waals surface area contributed by atoms with Crippen LogP contribution in [0.3, 0.4) is 0 Å². The summed E-state index contributed by atoms with van der Waals surface area (Å²) in [7, 11) is 0. The number of anilines is 1. The molecule has 0 aliphatic heterocycles. The third kappa shape index (κ3) is 2.67. The molecule has 1 aromatic carbocycles. The molecular weight excluding hydrogens is 297 g/mol. The first-order valence-electron chi connectivity index (χ1n) is 4.31. The van der Waals surface area contributed by atoms with E-state index in [0.717, 1.165) is 0 Å². The molecule has 0 bridgehead atoms. The van der Waals surface area contributed by atoms with E-state index in [9.17, 15) is 4.39 Å². The van der Waals surface area contributed by atoms with Gasteiger partial charge in [-0.3, -0.25) is 0 Å². The van der Waals surface area contributed by atoms with Gasteiger partial charge in [-0.1, -0.05) is 11.3 Å². The second-order valence-electron chi connectivity index (χ2n) is 2.90. The lowest BCUT2D eigenvalue weighted by atomic mass is 10.3. The first-order valence-corrected chi connectivity index (χ1v) is 5.92. The predicted molar refractivity (Wildman–Crippen MR) is 62.8 cm³/mol. The number of aromatic nitrogens is 2. The van der Waals surface area contributed by atoms with Crippen LogP contribution in [0.25, 0.3) is 0 Å². The second kappa shape index (κ2) is 4.75. The zero-order valence-electron chi connectivity index (χ0n) is 7.98. The van der Waals surface area contributed by atoms with Gasteiger partial charge in [0.1, 0.15) is 18.2 Å². The van der Waals surface area contributed by atoms with Crippen LogP contribution in [0.2, 0.25) is 0 Å².